The summed E-state index contributed by atoms with van der Waals surface area (Å²) in [6.07, 6.45) is 0.233. The van der Waals surface area contributed by atoms with Gasteiger partial charge in [0.2, 0.25) is 5.91 Å². The van der Waals surface area contributed by atoms with E-state index >= 15 is 0 Å². The number of carbonyl (C=O) groups is 1. The van der Waals surface area contributed by atoms with Gasteiger partial charge in [-0.05, 0) is 6.92 Å². The van der Waals surface area contributed by atoms with E-state index < -0.39 is 9.84 Å². The molecule has 14 heavy (non-hydrogen) atoms. The summed E-state index contributed by atoms with van der Waals surface area (Å²) in [5.74, 6) is -0.139. The van der Waals surface area contributed by atoms with Gasteiger partial charge in [-0.1, -0.05) is 6.92 Å². The molecule has 0 aromatic heterocycles. The minimum absolute atomic E-state index is 0.0995. The molecule has 6 heteroatoms. The fourth-order valence-electron chi connectivity index (χ4n) is 0.999. The molecule has 0 fully saturated rings. The smallest absolute Gasteiger partial charge is 0.218 e. The van der Waals surface area contributed by atoms with Crippen LogP contribution in [0.15, 0.2) is 0 Å². The highest BCUT2D eigenvalue weighted by Gasteiger charge is 2.12. The lowest BCUT2D eigenvalue weighted by Crippen LogP contribution is -2.35. The molecule has 0 aliphatic carbocycles. The summed E-state index contributed by atoms with van der Waals surface area (Å²) >= 11 is 0. The van der Waals surface area contributed by atoms with Crippen molar-refractivity contribution < 1.29 is 13.2 Å². The van der Waals surface area contributed by atoms with Crippen LogP contribution in [0.3, 0.4) is 0 Å². The average Bonchev–Trinajstić information content (AvgIpc) is 2.02. The largest absolute Gasteiger partial charge is 0.370 e. The molecule has 0 radical (unpaired) electrons. The van der Waals surface area contributed by atoms with Gasteiger partial charge in [0.25, 0.3) is 0 Å². The van der Waals surface area contributed by atoms with Crippen molar-refractivity contribution in [3.63, 3.8) is 0 Å². The monoisotopic (exact) mass is 222 g/mol. The summed E-state index contributed by atoms with van der Waals surface area (Å²) < 4.78 is 22.4. The van der Waals surface area contributed by atoms with Crippen LogP contribution in [0, 0.1) is 0 Å². The van der Waals surface area contributed by atoms with Crippen LogP contribution < -0.4 is 11.1 Å². The zero-order chi connectivity index (χ0) is 11.2. The Morgan fingerprint density at radius 3 is 2.50 bits per heavy atom. The van der Waals surface area contributed by atoms with Crippen LogP contribution in [0.2, 0.25) is 0 Å². The molecule has 84 valence electrons. The number of primary amides is 1. The first kappa shape index (κ1) is 13.4. The molecule has 0 aliphatic heterocycles. The predicted octanol–water partition coefficient (Wildman–Crippen LogP) is -0.725. The number of nitrogens with one attached hydrogen (secondary N) is 1. The second-order valence-corrected chi connectivity index (χ2v) is 5.67. The Hall–Kier alpha value is -0.620. The molecule has 0 aliphatic rings. The molecule has 1 unspecified atom stereocenters. The summed E-state index contributed by atoms with van der Waals surface area (Å²) in [5.41, 5.74) is 4.93. The van der Waals surface area contributed by atoms with Crippen LogP contribution in [-0.4, -0.2) is 38.4 Å². The van der Waals surface area contributed by atoms with Gasteiger partial charge in [0.05, 0.1) is 5.75 Å². The zero-order valence-electron chi connectivity index (χ0n) is 8.62. The van der Waals surface area contributed by atoms with E-state index in [1.165, 1.54) is 0 Å². The normalized spacial score (nSPS) is 13.9. The van der Waals surface area contributed by atoms with E-state index in [4.69, 9.17) is 5.73 Å². The summed E-state index contributed by atoms with van der Waals surface area (Å²) in [5, 5.41) is 2.92. The number of hydrogen-bond acceptors (Lipinski definition) is 4. The molecule has 1 atom stereocenters. The Bertz CT molecular complexity index is 274. The standard InChI is InChI=1S/C8H18N2O3S/c1-3-14(12,13)6-7(2)10-5-4-8(9)11/h7,10H,3-6H2,1-2H3,(H2,9,11). The van der Waals surface area contributed by atoms with Crippen LogP contribution in [0.5, 0.6) is 0 Å². The van der Waals surface area contributed by atoms with Crippen molar-refractivity contribution in [3.8, 4) is 0 Å². The van der Waals surface area contributed by atoms with Gasteiger partial charge in [-0.2, -0.15) is 0 Å². The highest BCUT2D eigenvalue weighted by Crippen LogP contribution is 1.94. The number of hydrogen-bond donors (Lipinski definition) is 2. The van der Waals surface area contributed by atoms with Crippen molar-refractivity contribution in [2.24, 2.45) is 5.73 Å². The van der Waals surface area contributed by atoms with Crippen molar-refractivity contribution in [2.45, 2.75) is 26.3 Å². The lowest BCUT2D eigenvalue weighted by molar-refractivity contribution is -0.117. The van der Waals surface area contributed by atoms with E-state index in [0.29, 0.717) is 6.54 Å². The van der Waals surface area contributed by atoms with Gasteiger partial charge in [-0.15, -0.1) is 0 Å². The van der Waals surface area contributed by atoms with Crippen molar-refractivity contribution >= 4 is 15.7 Å². The van der Waals surface area contributed by atoms with Gasteiger partial charge in [-0.3, -0.25) is 4.79 Å². The first-order valence-electron chi connectivity index (χ1n) is 4.59. The molecule has 0 bridgehead atoms. The lowest BCUT2D eigenvalue weighted by Gasteiger charge is -2.12. The van der Waals surface area contributed by atoms with Crippen molar-refractivity contribution in [1.82, 2.24) is 5.32 Å². The molecule has 3 N–H and O–H groups in total. The third kappa shape index (κ3) is 6.85. The number of carbonyl (C=O) groups excluding carboxylic acids is 1. The van der Waals surface area contributed by atoms with E-state index in [1.54, 1.807) is 13.8 Å². The van der Waals surface area contributed by atoms with E-state index in [9.17, 15) is 13.2 Å². The molecule has 5 nitrogen and oxygen atoms in total. The van der Waals surface area contributed by atoms with E-state index in [2.05, 4.69) is 5.32 Å². The quantitative estimate of drug-likeness (QED) is 0.594. The minimum Gasteiger partial charge on any atom is -0.370 e. The molecular weight excluding hydrogens is 204 g/mol. The fraction of sp³-hybridized carbons (Fsp3) is 0.875. The van der Waals surface area contributed by atoms with Crippen molar-refractivity contribution in [1.29, 1.82) is 0 Å². The van der Waals surface area contributed by atoms with Gasteiger partial charge in [0, 0.05) is 24.8 Å². The fourth-order valence-corrected chi connectivity index (χ4v) is 2.11. The maximum absolute atomic E-state index is 11.2. The molecular formula is C8H18N2O3S. The average molecular weight is 222 g/mol. The summed E-state index contributed by atoms with van der Waals surface area (Å²) in [4.78, 5) is 10.4. The SMILES string of the molecule is CCS(=O)(=O)CC(C)NCCC(N)=O. The molecule has 0 aromatic rings. The first-order valence-corrected chi connectivity index (χ1v) is 6.41. The van der Waals surface area contributed by atoms with Crippen molar-refractivity contribution in [3.05, 3.63) is 0 Å². The highest BCUT2D eigenvalue weighted by molar-refractivity contribution is 7.91. The third-order valence-electron chi connectivity index (χ3n) is 1.81. The predicted molar refractivity (Wildman–Crippen MR) is 55.6 cm³/mol. The Morgan fingerprint density at radius 1 is 1.50 bits per heavy atom. The Labute approximate surface area is 85.0 Å². The Kier molecular flexibility index (Phi) is 5.71. The third-order valence-corrected chi connectivity index (χ3v) is 3.70. The Balaban J connectivity index is 3.76. The topological polar surface area (TPSA) is 89.3 Å². The first-order chi connectivity index (χ1) is 6.37. The van der Waals surface area contributed by atoms with E-state index in [1.807, 2.05) is 0 Å². The second kappa shape index (κ2) is 5.98. The number of sulfone groups is 1. The summed E-state index contributed by atoms with van der Waals surface area (Å²) in [6, 6.07) is -0.140. The van der Waals surface area contributed by atoms with Crippen LogP contribution >= 0.6 is 0 Å². The van der Waals surface area contributed by atoms with Crippen molar-refractivity contribution in [2.75, 3.05) is 18.1 Å². The number of amides is 1. The summed E-state index contributed by atoms with van der Waals surface area (Å²) in [7, 11) is -2.95. The van der Waals surface area contributed by atoms with Crippen LogP contribution in [0.4, 0.5) is 0 Å². The second-order valence-electron chi connectivity index (χ2n) is 3.27. The summed E-state index contributed by atoms with van der Waals surface area (Å²) in [6.45, 7) is 3.81. The molecule has 1 amide bonds. The molecule has 0 saturated heterocycles. The van der Waals surface area contributed by atoms with Gasteiger partial charge in [0.15, 0.2) is 9.84 Å². The van der Waals surface area contributed by atoms with Crippen LogP contribution in [-0.2, 0) is 14.6 Å². The maximum Gasteiger partial charge on any atom is 0.218 e. The van der Waals surface area contributed by atoms with E-state index in [0.717, 1.165) is 0 Å². The highest BCUT2D eigenvalue weighted by atomic mass is 32.2. The van der Waals surface area contributed by atoms with Crippen LogP contribution in [0.1, 0.15) is 20.3 Å². The number of nitrogens with two attached hydrogens (primary N) is 1. The van der Waals surface area contributed by atoms with Crippen LogP contribution in [0.25, 0.3) is 0 Å². The zero-order valence-corrected chi connectivity index (χ0v) is 9.43. The van der Waals surface area contributed by atoms with E-state index in [-0.39, 0.29) is 29.9 Å². The molecule has 0 saturated carbocycles. The molecule has 0 spiro atoms. The minimum atomic E-state index is -2.95. The van der Waals surface area contributed by atoms with Gasteiger partial charge in [0.1, 0.15) is 0 Å². The number of rotatable bonds is 7. The molecule has 0 aromatic carbocycles. The Morgan fingerprint density at radius 2 is 2.07 bits per heavy atom. The molecule has 0 heterocycles. The van der Waals surface area contributed by atoms with Gasteiger partial charge >= 0.3 is 0 Å². The van der Waals surface area contributed by atoms with Gasteiger partial charge < -0.3 is 11.1 Å². The van der Waals surface area contributed by atoms with Gasteiger partial charge in [-0.25, -0.2) is 8.42 Å². The maximum atomic E-state index is 11.2. The lowest BCUT2D eigenvalue weighted by atomic mass is 10.3. The molecule has 0 rings (SSSR count).